The zero-order chi connectivity index (χ0) is 20.7. The van der Waals surface area contributed by atoms with Gasteiger partial charge in [0.25, 0.3) is 0 Å². The molecule has 1 atom stereocenters. The standard InChI is InChI=1S/C21H14FNO5S/c22-13-3-1-2-12(8-13)16-17-18(29-19(16)21(27)28)14(9-15(24)23-17)10-4-6-11(7-5-10)20(25)26/h1-8,14H,9H2,(H,23,24)(H,25,26)(H,27,28). The van der Waals surface area contributed by atoms with Gasteiger partial charge in [-0.2, -0.15) is 0 Å². The van der Waals surface area contributed by atoms with Crippen LogP contribution in [-0.2, 0) is 4.79 Å². The lowest BCUT2D eigenvalue weighted by molar-refractivity contribution is -0.116. The number of carbonyl (C=O) groups excluding carboxylic acids is 1. The van der Waals surface area contributed by atoms with E-state index in [1.807, 2.05) is 0 Å². The molecule has 2 heterocycles. The van der Waals surface area contributed by atoms with Gasteiger partial charge in [0.2, 0.25) is 5.91 Å². The number of carboxylic acids is 2. The van der Waals surface area contributed by atoms with Crippen molar-refractivity contribution in [3.63, 3.8) is 0 Å². The average Bonchev–Trinajstić information content (AvgIpc) is 3.07. The summed E-state index contributed by atoms with van der Waals surface area (Å²) in [6.45, 7) is 0. The smallest absolute Gasteiger partial charge is 0.346 e. The van der Waals surface area contributed by atoms with Gasteiger partial charge in [-0.05, 0) is 35.4 Å². The van der Waals surface area contributed by atoms with Gasteiger partial charge >= 0.3 is 11.9 Å². The first-order valence-electron chi connectivity index (χ1n) is 8.64. The fourth-order valence-corrected chi connectivity index (χ4v) is 4.73. The molecular weight excluding hydrogens is 397 g/mol. The summed E-state index contributed by atoms with van der Waals surface area (Å²) in [5.74, 6) is -3.46. The average molecular weight is 411 g/mol. The molecule has 0 saturated carbocycles. The summed E-state index contributed by atoms with van der Waals surface area (Å²) in [6, 6.07) is 11.7. The topological polar surface area (TPSA) is 104 Å². The molecule has 0 aliphatic carbocycles. The monoisotopic (exact) mass is 411 g/mol. The molecule has 1 amide bonds. The van der Waals surface area contributed by atoms with Crippen LogP contribution < -0.4 is 5.32 Å². The van der Waals surface area contributed by atoms with E-state index in [9.17, 15) is 23.9 Å². The molecule has 6 nitrogen and oxygen atoms in total. The molecule has 1 aliphatic rings. The fraction of sp³-hybridized carbons (Fsp3) is 0.0952. The highest BCUT2D eigenvalue weighted by atomic mass is 32.1. The van der Waals surface area contributed by atoms with Gasteiger partial charge in [-0.3, -0.25) is 4.79 Å². The molecule has 146 valence electrons. The summed E-state index contributed by atoms with van der Waals surface area (Å²) in [6.07, 6.45) is 0.0988. The third-order valence-electron chi connectivity index (χ3n) is 4.77. The van der Waals surface area contributed by atoms with E-state index in [0.717, 1.165) is 11.3 Å². The minimum absolute atomic E-state index is 0.00922. The number of nitrogens with one attached hydrogen (secondary N) is 1. The molecule has 0 spiro atoms. The zero-order valence-corrected chi connectivity index (χ0v) is 15.6. The minimum Gasteiger partial charge on any atom is -0.478 e. The minimum atomic E-state index is -1.17. The van der Waals surface area contributed by atoms with E-state index in [1.54, 1.807) is 18.2 Å². The lowest BCUT2D eigenvalue weighted by Gasteiger charge is -2.24. The molecule has 3 N–H and O–H groups in total. The Hall–Kier alpha value is -3.52. The van der Waals surface area contributed by atoms with Gasteiger partial charge in [-0.1, -0.05) is 24.3 Å². The van der Waals surface area contributed by atoms with Crippen LogP contribution in [0, 0.1) is 5.82 Å². The maximum absolute atomic E-state index is 13.8. The molecule has 0 radical (unpaired) electrons. The summed E-state index contributed by atoms with van der Waals surface area (Å²) in [7, 11) is 0. The first kappa shape index (κ1) is 18.8. The lowest BCUT2D eigenvalue weighted by atomic mass is 9.88. The van der Waals surface area contributed by atoms with Crippen molar-refractivity contribution in [3.05, 3.63) is 75.2 Å². The molecule has 1 aromatic heterocycles. The predicted octanol–water partition coefficient (Wildman–Crippen LogP) is 4.42. The number of hydrogen-bond donors (Lipinski definition) is 3. The molecule has 2 aromatic carbocycles. The number of anilines is 1. The van der Waals surface area contributed by atoms with Crippen LogP contribution in [0.25, 0.3) is 11.1 Å². The van der Waals surface area contributed by atoms with E-state index in [1.165, 1.54) is 30.3 Å². The summed E-state index contributed by atoms with van der Waals surface area (Å²) in [5, 5.41) is 21.5. The third kappa shape index (κ3) is 3.38. The summed E-state index contributed by atoms with van der Waals surface area (Å²) in [4.78, 5) is 36.0. The van der Waals surface area contributed by atoms with Crippen molar-refractivity contribution >= 4 is 34.9 Å². The SMILES string of the molecule is O=C1CC(c2ccc(C(=O)O)cc2)c2sc(C(=O)O)c(-c3cccc(F)c3)c2N1. The number of halogens is 1. The number of thiophene rings is 1. The van der Waals surface area contributed by atoms with E-state index in [2.05, 4.69) is 5.32 Å². The number of carboxylic acid groups (broad SMARTS) is 2. The molecule has 4 rings (SSSR count). The second-order valence-electron chi connectivity index (χ2n) is 6.59. The molecule has 0 saturated heterocycles. The summed E-state index contributed by atoms with van der Waals surface area (Å²) < 4.78 is 13.8. The number of aromatic carboxylic acids is 2. The fourth-order valence-electron chi connectivity index (χ4n) is 3.48. The highest BCUT2D eigenvalue weighted by molar-refractivity contribution is 7.15. The second-order valence-corrected chi connectivity index (χ2v) is 7.65. The van der Waals surface area contributed by atoms with Crippen molar-refractivity contribution in [2.75, 3.05) is 5.32 Å². The third-order valence-corrected chi connectivity index (χ3v) is 6.06. The quantitative estimate of drug-likeness (QED) is 0.589. The van der Waals surface area contributed by atoms with Crippen LogP contribution in [0.3, 0.4) is 0 Å². The van der Waals surface area contributed by atoms with Crippen molar-refractivity contribution in [1.82, 2.24) is 0 Å². The number of rotatable bonds is 4. The molecule has 29 heavy (non-hydrogen) atoms. The number of carbonyl (C=O) groups is 3. The number of hydrogen-bond acceptors (Lipinski definition) is 4. The van der Waals surface area contributed by atoms with Crippen LogP contribution in [0.5, 0.6) is 0 Å². The first-order chi connectivity index (χ1) is 13.8. The number of fused-ring (bicyclic) bond motifs is 1. The molecule has 8 heteroatoms. The van der Waals surface area contributed by atoms with Crippen molar-refractivity contribution in [3.8, 4) is 11.1 Å². The largest absolute Gasteiger partial charge is 0.478 e. The maximum atomic E-state index is 13.8. The Kier molecular flexibility index (Phi) is 4.63. The van der Waals surface area contributed by atoms with Gasteiger partial charge < -0.3 is 15.5 Å². The van der Waals surface area contributed by atoms with Gasteiger partial charge in [-0.25, -0.2) is 14.0 Å². The maximum Gasteiger partial charge on any atom is 0.346 e. The number of benzene rings is 2. The normalized spacial score (nSPS) is 15.5. The van der Waals surface area contributed by atoms with E-state index in [0.29, 0.717) is 21.7 Å². The van der Waals surface area contributed by atoms with Crippen LogP contribution in [0.15, 0.2) is 48.5 Å². The van der Waals surface area contributed by atoms with Gasteiger partial charge in [0.05, 0.1) is 11.3 Å². The molecule has 0 fully saturated rings. The summed E-state index contributed by atoms with van der Waals surface area (Å²) >= 11 is 1.03. The Morgan fingerprint density at radius 3 is 2.41 bits per heavy atom. The predicted molar refractivity (Wildman–Crippen MR) is 105 cm³/mol. The van der Waals surface area contributed by atoms with Crippen LogP contribution in [0.2, 0.25) is 0 Å². The van der Waals surface area contributed by atoms with Gasteiger partial charge in [0.1, 0.15) is 10.7 Å². The number of amides is 1. The van der Waals surface area contributed by atoms with Crippen LogP contribution >= 0.6 is 11.3 Å². The Morgan fingerprint density at radius 2 is 1.79 bits per heavy atom. The Bertz CT molecular complexity index is 1150. The van der Waals surface area contributed by atoms with Crippen LogP contribution in [0.4, 0.5) is 10.1 Å². The molecule has 0 bridgehead atoms. The highest BCUT2D eigenvalue weighted by Gasteiger charge is 2.34. The highest BCUT2D eigenvalue weighted by Crippen LogP contribution is 2.49. The van der Waals surface area contributed by atoms with Gasteiger partial charge in [0, 0.05) is 22.8 Å². The molecular formula is C21H14FNO5S. The second kappa shape index (κ2) is 7.14. The van der Waals surface area contributed by atoms with Crippen molar-refractivity contribution < 1.29 is 29.0 Å². The van der Waals surface area contributed by atoms with Crippen molar-refractivity contribution in [2.24, 2.45) is 0 Å². The van der Waals surface area contributed by atoms with Crippen molar-refractivity contribution in [1.29, 1.82) is 0 Å². The van der Waals surface area contributed by atoms with E-state index in [-0.39, 0.29) is 28.3 Å². The van der Waals surface area contributed by atoms with Crippen LogP contribution in [-0.4, -0.2) is 28.1 Å². The summed E-state index contributed by atoms with van der Waals surface area (Å²) in [5.41, 5.74) is 1.82. The van der Waals surface area contributed by atoms with Crippen molar-refractivity contribution in [2.45, 2.75) is 12.3 Å². The van der Waals surface area contributed by atoms with Gasteiger partial charge in [-0.15, -0.1) is 11.3 Å². The Morgan fingerprint density at radius 1 is 1.07 bits per heavy atom. The molecule has 1 unspecified atom stereocenters. The van der Waals surface area contributed by atoms with E-state index >= 15 is 0 Å². The molecule has 3 aromatic rings. The zero-order valence-electron chi connectivity index (χ0n) is 14.8. The van der Waals surface area contributed by atoms with E-state index in [4.69, 9.17) is 5.11 Å². The van der Waals surface area contributed by atoms with Gasteiger partial charge in [0.15, 0.2) is 0 Å². The van der Waals surface area contributed by atoms with Crippen LogP contribution in [0.1, 0.15) is 42.8 Å². The van der Waals surface area contributed by atoms with E-state index < -0.39 is 23.7 Å². The molecule has 1 aliphatic heterocycles. The Labute approximate surface area is 168 Å². The lowest BCUT2D eigenvalue weighted by Crippen LogP contribution is -2.22. The first-order valence-corrected chi connectivity index (χ1v) is 9.46. The Balaban J connectivity index is 1.89.